The van der Waals surface area contributed by atoms with E-state index in [4.69, 9.17) is 9.84 Å². The van der Waals surface area contributed by atoms with Crippen molar-refractivity contribution in [2.45, 2.75) is 32.3 Å². The molecule has 5 rings (SSSR count). The lowest BCUT2D eigenvalue weighted by molar-refractivity contribution is -0.136. The first kappa shape index (κ1) is 25.2. The van der Waals surface area contributed by atoms with Crippen LogP contribution in [0.3, 0.4) is 0 Å². The Labute approximate surface area is 216 Å². The second-order valence-electron chi connectivity index (χ2n) is 9.31. The van der Waals surface area contributed by atoms with Gasteiger partial charge in [-0.05, 0) is 55.7 Å². The molecule has 0 aliphatic heterocycles. The molecular formula is C29H25F2N3O4. The molecule has 7 nitrogen and oxygen atoms in total. The average Bonchev–Trinajstić information content (AvgIpc) is 3.57. The Hall–Kier alpha value is -4.50. The summed E-state index contributed by atoms with van der Waals surface area (Å²) in [7, 11) is 0. The molecule has 9 heteroatoms. The summed E-state index contributed by atoms with van der Waals surface area (Å²) in [6, 6.07) is 14.2. The van der Waals surface area contributed by atoms with Gasteiger partial charge in [-0.2, -0.15) is 0 Å². The summed E-state index contributed by atoms with van der Waals surface area (Å²) in [5.41, 5.74) is 1.43. The highest BCUT2D eigenvalue weighted by molar-refractivity contribution is 5.85. The zero-order valence-electron chi connectivity index (χ0n) is 20.7. The number of carbonyl (C=O) groups is 1. The summed E-state index contributed by atoms with van der Waals surface area (Å²) >= 11 is 0. The third-order valence-corrected chi connectivity index (χ3v) is 6.64. The minimum atomic E-state index is -1.51. The maximum Gasteiger partial charge on any atom is 0.303 e. The summed E-state index contributed by atoms with van der Waals surface area (Å²) < 4.78 is 35.5. The Kier molecular flexibility index (Phi) is 6.46. The Morgan fingerprint density at radius 2 is 1.92 bits per heavy atom. The van der Waals surface area contributed by atoms with E-state index in [1.807, 2.05) is 6.07 Å². The van der Waals surface area contributed by atoms with E-state index >= 15 is 0 Å². The predicted molar refractivity (Wildman–Crippen MR) is 138 cm³/mol. The van der Waals surface area contributed by atoms with Crippen LogP contribution in [0.15, 0.2) is 67.0 Å². The van der Waals surface area contributed by atoms with Gasteiger partial charge in [0.15, 0.2) is 11.6 Å². The average molecular weight is 518 g/mol. The molecule has 2 heterocycles. The molecule has 0 fully saturated rings. The van der Waals surface area contributed by atoms with Crippen molar-refractivity contribution < 1.29 is 28.5 Å². The Bertz CT molecular complexity index is 1660. The van der Waals surface area contributed by atoms with E-state index in [0.717, 1.165) is 10.9 Å². The number of benzene rings is 3. The second kappa shape index (κ2) is 9.75. The van der Waals surface area contributed by atoms with Gasteiger partial charge in [0.2, 0.25) is 0 Å². The first-order valence-electron chi connectivity index (χ1n) is 12.0. The van der Waals surface area contributed by atoms with E-state index < -0.39 is 23.2 Å². The van der Waals surface area contributed by atoms with Crippen molar-refractivity contribution in [2.24, 2.45) is 0 Å². The molecule has 1 atom stereocenters. The summed E-state index contributed by atoms with van der Waals surface area (Å²) in [6.07, 6.45) is 3.42. The van der Waals surface area contributed by atoms with Crippen molar-refractivity contribution in [1.82, 2.24) is 15.0 Å². The SMILES string of the molecule is Cc1c(Oc2ccc(F)c(-c3ncc(C(C)(O)c4cccc(CCC(=O)O)c4)[nH]3)c2)c(F)cc2[nH]ccc12. The Morgan fingerprint density at radius 3 is 2.71 bits per heavy atom. The number of aryl methyl sites for hydroxylation is 2. The van der Waals surface area contributed by atoms with Gasteiger partial charge in [-0.15, -0.1) is 0 Å². The lowest BCUT2D eigenvalue weighted by Crippen LogP contribution is -2.23. The summed E-state index contributed by atoms with van der Waals surface area (Å²) in [4.78, 5) is 21.1. The molecule has 4 N–H and O–H groups in total. The molecule has 0 amide bonds. The summed E-state index contributed by atoms with van der Waals surface area (Å²) in [6.45, 7) is 3.32. The standard InChI is InChI=1S/C29H25F2N3O4/c1-16-20-10-11-32-24(20)14-23(31)27(16)38-19-7-8-22(30)21(13-19)28-33-15-25(34-28)29(2,37)18-5-3-4-17(12-18)6-9-26(35)36/h3-5,7-8,10-15,32,37H,6,9H2,1-2H3,(H,33,34)(H,35,36). The number of aromatic nitrogens is 3. The van der Waals surface area contributed by atoms with Crippen LogP contribution in [-0.4, -0.2) is 31.1 Å². The van der Waals surface area contributed by atoms with Gasteiger partial charge in [0.1, 0.15) is 23.0 Å². The minimum Gasteiger partial charge on any atom is -0.481 e. The molecule has 0 bridgehead atoms. The van der Waals surface area contributed by atoms with Crippen molar-refractivity contribution >= 4 is 16.9 Å². The van der Waals surface area contributed by atoms with E-state index in [2.05, 4.69) is 15.0 Å². The molecular weight excluding hydrogens is 492 g/mol. The number of hydrogen-bond donors (Lipinski definition) is 4. The van der Waals surface area contributed by atoms with Gasteiger partial charge in [-0.25, -0.2) is 13.8 Å². The quantitative estimate of drug-likeness (QED) is 0.196. The Balaban J connectivity index is 1.44. The van der Waals surface area contributed by atoms with Crippen molar-refractivity contribution in [3.8, 4) is 22.9 Å². The zero-order chi connectivity index (χ0) is 27.0. The molecule has 0 radical (unpaired) electrons. The van der Waals surface area contributed by atoms with Gasteiger partial charge in [0.05, 0.1) is 17.5 Å². The highest BCUT2D eigenvalue weighted by Crippen LogP contribution is 2.36. The van der Waals surface area contributed by atoms with Crippen LogP contribution in [0, 0.1) is 18.6 Å². The van der Waals surface area contributed by atoms with Crippen molar-refractivity contribution in [3.05, 3.63) is 101 Å². The van der Waals surface area contributed by atoms with Crippen LogP contribution in [0.25, 0.3) is 22.3 Å². The smallest absolute Gasteiger partial charge is 0.303 e. The third-order valence-electron chi connectivity index (χ3n) is 6.64. The van der Waals surface area contributed by atoms with Crippen molar-refractivity contribution in [1.29, 1.82) is 0 Å². The third kappa shape index (κ3) is 4.76. The molecule has 0 aliphatic rings. The van der Waals surface area contributed by atoms with Crippen LogP contribution in [0.5, 0.6) is 11.5 Å². The zero-order valence-corrected chi connectivity index (χ0v) is 20.7. The molecule has 1 unspecified atom stereocenters. The molecule has 3 aromatic carbocycles. The van der Waals surface area contributed by atoms with Crippen molar-refractivity contribution in [3.63, 3.8) is 0 Å². The largest absolute Gasteiger partial charge is 0.481 e. The van der Waals surface area contributed by atoms with E-state index in [1.54, 1.807) is 44.3 Å². The number of carboxylic acid groups (broad SMARTS) is 1. The van der Waals surface area contributed by atoms with Crippen LogP contribution >= 0.6 is 0 Å². The van der Waals surface area contributed by atoms with E-state index in [-0.39, 0.29) is 29.3 Å². The minimum absolute atomic E-state index is 0.0278. The highest BCUT2D eigenvalue weighted by Gasteiger charge is 2.29. The van der Waals surface area contributed by atoms with Gasteiger partial charge < -0.3 is 24.9 Å². The second-order valence-corrected chi connectivity index (χ2v) is 9.31. The van der Waals surface area contributed by atoms with Crippen LogP contribution in [0.4, 0.5) is 8.78 Å². The topological polar surface area (TPSA) is 111 Å². The predicted octanol–water partition coefficient (Wildman–Crippen LogP) is 6.21. The number of nitrogens with zero attached hydrogens (tertiary/aromatic N) is 1. The fourth-order valence-electron chi connectivity index (χ4n) is 4.46. The number of H-pyrrole nitrogens is 2. The molecule has 0 aliphatic carbocycles. The number of halogens is 2. The van der Waals surface area contributed by atoms with Gasteiger partial charge in [0.25, 0.3) is 0 Å². The Morgan fingerprint density at radius 1 is 1.11 bits per heavy atom. The number of nitrogens with one attached hydrogen (secondary N) is 2. The van der Waals surface area contributed by atoms with E-state index in [1.165, 1.54) is 30.5 Å². The monoisotopic (exact) mass is 517 g/mol. The van der Waals surface area contributed by atoms with Gasteiger partial charge in [-0.1, -0.05) is 24.3 Å². The number of hydrogen-bond acceptors (Lipinski definition) is 4. The maximum atomic E-state index is 14.8. The lowest BCUT2D eigenvalue weighted by Gasteiger charge is -2.23. The molecule has 0 spiro atoms. The van der Waals surface area contributed by atoms with E-state index in [0.29, 0.717) is 28.8 Å². The first-order chi connectivity index (χ1) is 18.1. The number of imidazole rings is 1. The number of aliphatic carboxylic acids is 1. The van der Waals surface area contributed by atoms with Crippen LogP contribution in [-0.2, 0) is 16.8 Å². The van der Waals surface area contributed by atoms with Crippen LogP contribution in [0.1, 0.15) is 35.7 Å². The van der Waals surface area contributed by atoms with Gasteiger partial charge >= 0.3 is 5.97 Å². The van der Waals surface area contributed by atoms with Crippen molar-refractivity contribution in [2.75, 3.05) is 0 Å². The fraction of sp³-hybridized carbons (Fsp3) is 0.172. The molecule has 0 saturated heterocycles. The van der Waals surface area contributed by atoms with Crippen LogP contribution in [0.2, 0.25) is 0 Å². The number of fused-ring (bicyclic) bond motifs is 1. The normalized spacial score (nSPS) is 13.0. The first-order valence-corrected chi connectivity index (χ1v) is 12.0. The molecule has 194 valence electrons. The van der Waals surface area contributed by atoms with E-state index in [9.17, 15) is 18.7 Å². The lowest BCUT2D eigenvalue weighted by atomic mass is 9.91. The summed E-state index contributed by atoms with van der Waals surface area (Å²) in [5, 5.41) is 21.1. The number of aliphatic hydroxyl groups is 1. The van der Waals surface area contributed by atoms with Crippen LogP contribution < -0.4 is 4.74 Å². The van der Waals surface area contributed by atoms with Gasteiger partial charge in [0, 0.05) is 35.2 Å². The number of ether oxygens (including phenoxy) is 1. The highest BCUT2D eigenvalue weighted by atomic mass is 19.1. The molecule has 5 aromatic rings. The number of rotatable bonds is 8. The number of aromatic amines is 2. The number of carboxylic acids is 1. The summed E-state index contributed by atoms with van der Waals surface area (Å²) in [5.74, 6) is -1.62. The maximum absolute atomic E-state index is 14.8. The fourth-order valence-corrected chi connectivity index (χ4v) is 4.46. The van der Waals surface area contributed by atoms with Gasteiger partial charge in [-0.3, -0.25) is 4.79 Å². The molecule has 38 heavy (non-hydrogen) atoms. The molecule has 0 saturated carbocycles. The molecule has 2 aromatic heterocycles.